The van der Waals surface area contributed by atoms with Crippen LogP contribution in [0.1, 0.15) is 36.8 Å². The molecule has 21 heavy (non-hydrogen) atoms. The molecule has 2 heterocycles. The smallest absolute Gasteiger partial charge is 0.317 e. The van der Waals surface area contributed by atoms with Crippen molar-refractivity contribution in [2.75, 3.05) is 19.6 Å². The summed E-state index contributed by atoms with van der Waals surface area (Å²) in [6, 6.07) is -0.0224. The van der Waals surface area contributed by atoms with Crippen LogP contribution >= 0.6 is 0 Å². The standard InChI is InChI=1S/C15H25N3O3/c1-10-14(12(3)21-17-10)4-7-16-15(20)18-8-5-13(6-9-18)11(2)19/h11,13,19H,4-9H2,1-3H3,(H,16,20). The first-order chi connectivity index (χ1) is 9.99. The Morgan fingerprint density at radius 2 is 2.14 bits per heavy atom. The van der Waals surface area contributed by atoms with Crippen molar-refractivity contribution in [1.29, 1.82) is 0 Å². The lowest BCUT2D eigenvalue weighted by atomic mass is 9.92. The van der Waals surface area contributed by atoms with E-state index in [9.17, 15) is 9.90 Å². The number of carbonyl (C=O) groups is 1. The average molecular weight is 295 g/mol. The van der Waals surface area contributed by atoms with Crippen LogP contribution in [-0.2, 0) is 6.42 Å². The van der Waals surface area contributed by atoms with Crippen LogP contribution in [0.2, 0.25) is 0 Å². The second kappa shape index (κ2) is 6.93. The SMILES string of the molecule is Cc1noc(C)c1CCNC(=O)N1CCC(C(C)O)CC1. The predicted molar refractivity (Wildman–Crippen MR) is 79.1 cm³/mol. The molecule has 6 heteroatoms. The minimum absolute atomic E-state index is 0.0224. The number of hydrogen-bond acceptors (Lipinski definition) is 4. The maximum absolute atomic E-state index is 12.1. The molecule has 2 N–H and O–H groups in total. The summed E-state index contributed by atoms with van der Waals surface area (Å²) in [7, 11) is 0. The number of carbonyl (C=O) groups excluding carboxylic acids is 1. The molecule has 1 fully saturated rings. The van der Waals surface area contributed by atoms with E-state index in [0.717, 1.165) is 36.3 Å². The fourth-order valence-electron chi connectivity index (χ4n) is 2.85. The number of amides is 2. The lowest BCUT2D eigenvalue weighted by Gasteiger charge is -2.33. The number of hydrogen-bond donors (Lipinski definition) is 2. The molecule has 1 aromatic heterocycles. The molecular formula is C15H25N3O3. The molecule has 1 aliphatic heterocycles. The Bertz CT molecular complexity index is 457. The number of aromatic nitrogens is 1. The molecule has 0 saturated carbocycles. The van der Waals surface area contributed by atoms with Gasteiger partial charge in [0.05, 0.1) is 11.8 Å². The first-order valence-electron chi connectivity index (χ1n) is 7.61. The Balaban J connectivity index is 1.73. The molecule has 0 aliphatic carbocycles. The zero-order valence-corrected chi connectivity index (χ0v) is 13.1. The Hall–Kier alpha value is -1.56. The first-order valence-corrected chi connectivity index (χ1v) is 7.61. The van der Waals surface area contributed by atoms with Crippen LogP contribution in [-0.4, -0.2) is 46.9 Å². The fourth-order valence-corrected chi connectivity index (χ4v) is 2.85. The predicted octanol–water partition coefficient (Wildman–Crippen LogP) is 1.64. The van der Waals surface area contributed by atoms with E-state index in [1.807, 2.05) is 25.7 Å². The van der Waals surface area contributed by atoms with Crippen molar-refractivity contribution >= 4 is 6.03 Å². The molecule has 118 valence electrons. The van der Waals surface area contributed by atoms with E-state index in [1.165, 1.54) is 0 Å². The van der Waals surface area contributed by atoms with Crippen molar-refractivity contribution in [3.63, 3.8) is 0 Å². The summed E-state index contributed by atoms with van der Waals surface area (Å²) in [4.78, 5) is 13.9. The van der Waals surface area contributed by atoms with E-state index < -0.39 is 0 Å². The lowest BCUT2D eigenvalue weighted by molar-refractivity contribution is 0.0799. The summed E-state index contributed by atoms with van der Waals surface area (Å²) in [5, 5.41) is 16.4. The molecule has 1 aliphatic rings. The van der Waals surface area contributed by atoms with Gasteiger partial charge in [0.2, 0.25) is 0 Å². The van der Waals surface area contributed by atoms with Crippen LogP contribution in [0.25, 0.3) is 0 Å². The number of likely N-dealkylation sites (tertiary alicyclic amines) is 1. The van der Waals surface area contributed by atoms with E-state index in [1.54, 1.807) is 0 Å². The van der Waals surface area contributed by atoms with Crippen molar-refractivity contribution < 1.29 is 14.4 Å². The number of nitrogens with zero attached hydrogens (tertiary/aromatic N) is 2. The second-order valence-electron chi connectivity index (χ2n) is 5.85. The van der Waals surface area contributed by atoms with E-state index in [-0.39, 0.29) is 12.1 Å². The van der Waals surface area contributed by atoms with Crippen LogP contribution < -0.4 is 5.32 Å². The first kappa shape index (κ1) is 15.8. The Kier molecular flexibility index (Phi) is 5.22. The normalized spacial score (nSPS) is 17.8. The minimum atomic E-state index is -0.283. The third kappa shape index (κ3) is 3.97. The summed E-state index contributed by atoms with van der Waals surface area (Å²) in [6.45, 7) is 7.63. The van der Waals surface area contributed by atoms with Gasteiger partial charge in [-0.05, 0) is 46.0 Å². The summed E-state index contributed by atoms with van der Waals surface area (Å²) >= 11 is 0. The Labute approximate surface area is 125 Å². The van der Waals surface area contributed by atoms with Gasteiger partial charge < -0.3 is 19.8 Å². The van der Waals surface area contributed by atoms with Gasteiger partial charge in [-0.3, -0.25) is 0 Å². The number of aliphatic hydroxyl groups is 1. The van der Waals surface area contributed by atoms with Crippen molar-refractivity contribution in [1.82, 2.24) is 15.4 Å². The third-order valence-corrected chi connectivity index (χ3v) is 4.34. The van der Waals surface area contributed by atoms with Gasteiger partial charge in [0.25, 0.3) is 0 Å². The highest BCUT2D eigenvalue weighted by atomic mass is 16.5. The van der Waals surface area contributed by atoms with Crippen molar-refractivity contribution in [2.24, 2.45) is 5.92 Å². The second-order valence-corrected chi connectivity index (χ2v) is 5.85. The van der Waals surface area contributed by atoms with Crippen LogP contribution in [0.4, 0.5) is 4.79 Å². The van der Waals surface area contributed by atoms with Crippen molar-refractivity contribution in [2.45, 2.75) is 46.1 Å². The topological polar surface area (TPSA) is 78.6 Å². The summed E-state index contributed by atoms with van der Waals surface area (Å²) in [6.07, 6.45) is 2.19. The van der Waals surface area contributed by atoms with E-state index in [0.29, 0.717) is 25.6 Å². The van der Waals surface area contributed by atoms with Gasteiger partial charge in [0, 0.05) is 25.2 Å². The van der Waals surface area contributed by atoms with E-state index in [4.69, 9.17) is 4.52 Å². The molecule has 0 bridgehead atoms. The molecule has 6 nitrogen and oxygen atoms in total. The van der Waals surface area contributed by atoms with Crippen molar-refractivity contribution in [3.05, 3.63) is 17.0 Å². The lowest BCUT2D eigenvalue weighted by Crippen LogP contribution is -2.46. The fraction of sp³-hybridized carbons (Fsp3) is 0.733. The van der Waals surface area contributed by atoms with Gasteiger partial charge in [-0.15, -0.1) is 0 Å². The molecule has 1 atom stereocenters. The number of urea groups is 1. The minimum Gasteiger partial charge on any atom is -0.393 e. The van der Waals surface area contributed by atoms with Crippen LogP contribution in [0.15, 0.2) is 4.52 Å². The van der Waals surface area contributed by atoms with Crippen LogP contribution in [0, 0.1) is 19.8 Å². The van der Waals surface area contributed by atoms with Gasteiger partial charge in [0.1, 0.15) is 5.76 Å². The number of piperidine rings is 1. The molecule has 0 aromatic carbocycles. The monoisotopic (exact) mass is 295 g/mol. The molecule has 0 radical (unpaired) electrons. The third-order valence-electron chi connectivity index (χ3n) is 4.34. The molecule has 2 amide bonds. The summed E-state index contributed by atoms with van der Waals surface area (Å²) < 4.78 is 5.11. The highest BCUT2D eigenvalue weighted by Gasteiger charge is 2.25. The van der Waals surface area contributed by atoms with Gasteiger partial charge >= 0.3 is 6.03 Å². The Morgan fingerprint density at radius 1 is 1.48 bits per heavy atom. The highest BCUT2D eigenvalue weighted by Crippen LogP contribution is 2.20. The summed E-state index contributed by atoms with van der Waals surface area (Å²) in [5.74, 6) is 1.14. The Morgan fingerprint density at radius 3 is 2.67 bits per heavy atom. The number of aliphatic hydroxyl groups excluding tert-OH is 1. The molecule has 1 saturated heterocycles. The van der Waals surface area contributed by atoms with Gasteiger partial charge in [-0.25, -0.2) is 4.79 Å². The van der Waals surface area contributed by atoms with Crippen LogP contribution in [0.3, 0.4) is 0 Å². The molecule has 2 rings (SSSR count). The van der Waals surface area contributed by atoms with Gasteiger partial charge in [-0.2, -0.15) is 0 Å². The highest BCUT2D eigenvalue weighted by molar-refractivity contribution is 5.74. The molecule has 1 unspecified atom stereocenters. The average Bonchev–Trinajstić information content (AvgIpc) is 2.79. The molecule has 0 spiro atoms. The molecule has 1 aromatic rings. The van der Waals surface area contributed by atoms with Crippen molar-refractivity contribution in [3.8, 4) is 0 Å². The van der Waals surface area contributed by atoms with E-state index >= 15 is 0 Å². The van der Waals surface area contributed by atoms with Gasteiger partial charge in [0.15, 0.2) is 0 Å². The van der Waals surface area contributed by atoms with E-state index in [2.05, 4.69) is 10.5 Å². The maximum Gasteiger partial charge on any atom is 0.317 e. The molecular weight excluding hydrogens is 270 g/mol. The quantitative estimate of drug-likeness (QED) is 0.885. The number of aryl methyl sites for hydroxylation is 2. The largest absolute Gasteiger partial charge is 0.393 e. The summed E-state index contributed by atoms with van der Waals surface area (Å²) in [5.41, 5.74) is 1.96. The number of rotatable bonds is 4. The zero-order chi connectivity index (χ0) is 15.4. The zero-order valence-electron chi connectivity index (χ0n) is 13.1. The number of nitrogens with one attached hydrogen (secondary N) is 1. The van der Waals surface area contributed by atoms with Gasteiger partial charge in [-0.1, -0.05) is 5.16 Å². The van der Waals surface area contributed by atoms with Crippen LogP contribution in [0.5, 0.6) is 0 Å². The maximum atomic E-state index is 12.1.